The van der Waals surface area contributed by atoms with E-state index < -0.39 is 0 Å². The number of ether oxygens (including phenoxy) is 1. The van der Waals surface area contributed by atoms with E-state index in [4.69, 9.17) is 9.26 Å². The zero-order valence-electron chi connectivity index (χ0n) is 15.8. The van der Waals surface area contributed by atoms with Gasteiger partial charge in [-0.3, -0.25) is 4.68 Å². The van der Waals surface area contributed by atoms with Crippen LogP contribution in [0.2, 0.25) is 0 Å². The molecule has 0 fully saturated rings. The maximum Gasteiger partial charge on any atom is 0.278 e. The third-order valence-electron chi connectivity index (χ3n) is 5.04. The number of aryl methyl sites for hydroxylation is 2. The molecule has 5 rings (SSSR count). The second kappa shape index (κ2) is 6.73. The van der Waals surface area contributed by atoms with E-state index in [1.807, 2.05) is 41.9 Å². The van der Waals surface area contributed by atoms with Crippen LogP contribution in [-0.4, -0.2) is 19.9 Å². The van der Waals surface area contributed by atoms with Crippen molar-refractivity contribution in [2.45, 2.75) is 33.1 Å². The van der Waals surface area contributed by atoms with Crippen molar-refractivity contribution < 1.29 is 9.26 Å². The standard InChI is InChI=1S/C22H20N4O2/c1-14-3-7-16(8-4-14)20-12-26-18(13-27-20)11-19(24-26)22-23-21(25-28-22)17-9-5-15(2)6-10-17/h3-11,20H,12-13H2,1-2H3/t20-/m1/s1. The summed E-state index contributed by atoms with van der Waals surface area (Å²) < 4.78 is 13.5. The molecule has 0 aliphatic carbocycles. The van der Waals surface area contributed by atoms with Gasteiger partial charge in [0.15, 0.2) is 5.69 Å². The van der Waals surface area contributed by atoms with Crippen LogP contribution in [0.1, 0.15) is 28.5 Å². The lowest BCUT2D eigenvalue weighted by molar-refractivity contribution is -0.00113. The minimum absolute atomic E-state index is 0.00773. The van der Waals surface area contributed by atoms with Crippen molar-refractivity contribution in [1.29, 1.82) is 0 Å². The number of hydrogen-bond acceptors (Lipinski definition) is 5. The fraction of sp³-hybridized carbons (Fsp3) is 0.227. The summed E-state index contributed by atoms with van der Waals surface area (Å²) in [6, 6.07) is 18.4. The Labute approximate surface area is 162 Å². The number of hydrogen-bond donors (Lipinski definition) is 0. The van der Waals surface area contributed by atoms with Crippen LogP contribution in [0.15, 0.2) is 59.1 Å². The Morgan fingerprint density at radius 1 is 0.964 bits per heavy atom. The highest BCUT2D eigenvalue weighted by Gasteiger charge is 2.24. The quantitative estimate of drug-likeness (QED) is 0.530. The van der Waals surface area contributed by atoms with Crippen LogP contribution < -0.4 is 0 Å². The van der Waals surface area contributed by atoms with E-state index in [0.29, 0.717) is 30.6 Å². The molecule has 0 saturated heterocycles. The molecule has 2 aromatic heterocycles. The molecule has 0 N–H and O–H groups in total. The van der Waals surface area contributed by atoms with Crippen LogP contribution >= 0.6 is 0 Å². The smallest absolute Gasteiger partial charge is 0.278 e. The minimum Gasteiger partial charge on any atom is -0.365 e. The first-order valence-electron chi connectivity index (χ1n) is 9.32. The van der Waals surface area contributed by atoms with E-state index in [-0.39, 0.29) is 6.10 Å². The summed E-state index contributed by atoms with van der Waals surface area (Å²) in [4.78, 5) is 4.52. The molecular weight excluding hydrogens is 352 g/mol. The van der Waals surface area contributed by atoms with E-state index in [1.165, 1.54) is 11.1 Å². The molecule has 2 aromatic carbocycles. The molecule has 6 heteroatoms. The molecule has 0 radical (unpaired) electrons. The average Bonchev–Trinajstić information content (AvgIpc) is 3.35. The van der Waals surface area contributed by atoms with Crippen molar-refractivity contribution in [2.24, 2.45) is 0 Å². The number of nitrogens with zero attached hydrogens (tertiary/aromatic N) is 4. The zero-order valence-corrected chi connectivity index (χ0v) is 15.8. The lowest BCUT2D eigenvalue weighted by Gasteiger charge is -2.24. The van der Waals surface area contributed by atoms with Crippen molar-refractivity contribution >= 4 is 0 Å². The van der Waals surface area contributed by atoms with E-state index in [2.05, 4.69) is 46.4 Å². The molecule has 0 saturated carbocycles. The van der Waals surface area contributed by atoms with Gasteiger partial charge in [-0.1, -0.05) is 64.8 Å². The monoisotopic (exact) mass is 372 g/mol. The van der Waals surface area contributed by atoms with Gasteiger partial charge in [-0.05, 0) is 25.5 Å². The summed E-state index contributed by atoms with van der Waals surface area (Å²) in [5, 5.41) is 8.78. The first-order chi connectivity index (χ1) is 13.7. The van der Waals surface area contributed by atoms with Crippen molar-refractivity contribution in [3.8, 4) is 23.0 Å². The Bertz CT molecular complexity index is 1110. The average molecular weight is 372 g/mol. The van der Waals surface area contributed by atoms with Crippen LogP contribution in [0.25, 0.3) is 23.0 Å². The van der Waals surface area contributed by atoms with Crippen LogP contribution in [0.3, 0.4) is 0 Å². The molecule has 3 heterocycles. The van der Waals surface area contributed by atoms with Gasteiger partial charge in [0.05, 0.1) is 18.8 Å². The maximum absolute atomic E-state index is 6.04. The number of aromatic nitrogens is 4. The van der Waals surface area contributed by atoms with Crippen molar-refractivity contribution in [1.82, 2.24) is 19.9 Å². The molecule has 1 aliphatic rings. The molecule has 1 aliphatic heterocycles. The Morgan fingerprint density at radius 3 is 2.43 bits per heavy atom. The minimum atomic E-state index is -0.00773. The second-order valence-corrected chi connectivity index (χ2v) is 7.20. The predicted molar refractivity (Wildman–Crippen MR) is 104 cm³/mol. The molecule has 6 nitrogen and oxygen atoms in total. The Hall–Kier alpha value is -3.25. The second-order valence-electron chi connectivity index (χ2n) is 7.20. The zero-order chi connectivity index (χ0) is 19.1. The highest BCUT2D eigenvalue weighted by molar-refractivity contribution is 5.58. The molecule has 1 atom stereocenters. The van der Waals surface area contributed by atoms with Gasteiger partial charge in [0.2, 0.25) is 5.82 Å². The van der Waals surface area contributed by atoms with Gasteiger partial charge >= 0.3 is 0 Å². The molecule has 140 valence electrons. The SMILES string of the molecule is Cc1ccc(-c2noc(-c3cc4n(n3)C[C@H](c3ccc(C)cc3)OC4)n2)cc1. The number of benzene rings is 2. The van der Waals surface area contributed by atoms with Crippen molar-refractivity contribution in [3.05, 3.63) is 77.0 Å². The third kappa shape index (κ3) is 3.12. The fourth-order valence-corrected chi connectivity index (χ4v) is 3.36. The molecular formula is C22H20N4O2. The van der Waals surface area contributed by atoms with Crippen molar-refractivity contribution in [2.75, 3.05) is 0 Å². The first kappa shape index (κ1) is 16.9. The highest BCUT2D eigenvalue weighted by atomic mass is 16.5. The molecule has 28 heavy (non-hydrogen) atoms. The fourth-order valence-electron chi connectivity index (χ4n) is 3.36. The summed E-state index contributed by atoms with van der Waals surface area (Å²) in [5.41, 5.74) is 6.20. The summed E-state index contributed by atoms with van der Waals surface area (Å²) in [6.45, 7) is 5.30. The number of fused-ring (bicyclic) bond motifs is 1. The highest BCUT2D eigenvalue weighted by Crippen LogP contribution is 2.29. The Morgan fingerprint density at radius 2 is 1.68 bits per heavy atom. The molecule has 0 amide bonds. The van der Waals surface area contributed by atoms with E-state index in [0.717, 1.165) is 16.8 Å². The van der Waals surface area contributed by atoms with Gasteiger partial charge in [-0.25, -0.2) is 0 Å². The molecule has 0 bridgehead atoms. The van der Waals surface area contributed by atoms with Gasteiger partial charge in [0, 0.05) is 5.56 Å². The molecule has 0 unspecified atom stereocenters. The van der Waals surface area contributed by atoms with Crippen LogP contribution in [0, 0.1) is 13.8 Å². The lowest BCUT2D eigenvalue weighted by atomic mass is 10.1. The molecule has 4 aromatic rings. The summed E-state index contributed by atoms with van der Waals surface area (Å²) in [7, 11) is 0. The van der Waals surface area contributed by atoms with Gasteiger partial charge < -0.3 is 9.26 Å². The maximum atomic E-state index is 6.04. The van der Waals surface area contributed by atoms with Crippen LogP contribution in [-0.2, 0) is 17.9 Å². The van der Waals surface area contributed by atoms with E-state index in [9.17, 15) is 0 Å². The Balaban J connectivity index is 1.39. The van der Waals surface area contributed by atoms with E-state index in [1.54, 1.807) is 0 Å². The lowest BCUT2D eigenvalue weighted by Crippen LogP contribution is -2.21. The summed E-state index contributed by atoms with van der Waals surface area (Å²) in [6.07, 6.45) is -0.00773. The largest absolute Gasteiger partial charge is 0.365 e. The third-order valence-corrected chi connectivity index (χ3v) is 5.04. The predicted octanol–water partition coefficient (Wildman–Crippen LogP) is 4.49. The topological polar surface area (TPSA) is 66.0 Å². The van der Waals surface area contributed by atoms with E-state index >= 15 is 0 Å². The number of rotatable bonds is 3. The Kier molecular flexibility index (Phi) is 4.06. The summed E-state index contributed by atoms with van der Waals surface area (Å²) in [5.74, 6) is 0.985. The van der Waals surface area contributed by atoms with Gasteiger partial charge in [0.1, 0.15) is 6.10 Å². The van der Waals surface area contributed by atoms with Gasteiger partial charge in [0.25, 0.3) is 5.89 Å². The van der Waals surface area contributed by atoms with Gasteiger partial charge in [-0.2, -0.15) is 10.1 Å². The van der Waals surface area contributed by atoms with Gasteiger partial charge in [-0.15, -0.1) is 0 Å². The van der Waals surface area contributed by atoms with Crippen molar-refractivity contribution in [3.63, 3.8) is 0 Å². The summed E-state index contributed by atoms with van der Waals surface area (Å²) >= 11 is 0. The first-order valence-corrected chi connectivity index (χ1v) is 9.32. The van der Waals surface area contributed by atoms with Crippen LogP contribution in [0.5, 0.6) is 0 Å². The normalized spacial score (nSPS) is 16.1. The van der Waals surface area contributed by atoms with Crippen LogP contribution in [0.4, 0.5) is 0 Å². The molecule has 0 spiro atoms.